The second kappa shape index (κ2) is 6.50. The number of aromatic nitrogens is 2. The molecule has 0 spiro atoms. The maximum absolute atomic E-state index is 8.85. The molecule has 4 rings (SSSR count). The number of nitrogens with one attached hydrogen (secondary N) is 1. The molecule has 0 aliphatic carbocycles. The molecule has 0 unspecified atom stereocenters. The molecule has 0 radical (unpaired) electrons. The Balaban J connectivity index is 1.56. The van der Waals surface area contributed by atoms with Gasteiger partial charge < -0.3 is 5.32 Å². The zero-order chi connectivity index (χ0) is 17.1. The van der Waals surface area contributed by atoms with Crippen LogP contribution in [0.4, 0.5) is 5.69 Å². The fourth-order valence-electron chi connectivity index (χ4n) is 2.85. The van der Waals surface area contributed by atoms with Gasteiger partial charge in [0, 0.05) is 17.9 Å². The lowest BCUT2D eigenvalue weighted by Gasteiger charge is -2.09. The summed E-state index contributed by atoms with van der Waals surface area (Å²) in [6, 6.07) is 26.1. The number of hydrogen-bond donors (Lipinski definition) is 1. The summed E-state index contributed by atoms with van der Waals surface area (Å²) in [6.07, 6.45) is 1.86. The van der Waals surface area contributed by atoms with Gasteiger partial charge in [-0.25, -0.2) is 4.98 Å². The summed E-state index contributed by atoms with van der Waals surface area (Å²) in [7, 11) is 0. The van der Waals surface area contributed by atoms with Gasteiger partial charge in [-0.15, -0.1) is 0 Å². The van der Waals surface area contributed by atoms with Crippen molar-refractivity contribution in [2.75, 3.05) is 5.32 Å². The number of benzene rings is 3. The van der Waals surface area contributed by atoms with Crippen LogP contribution < -0.4 is 5.32 Å². The second-order valence-electron chi connectivity index (χ2n) is 5.82. The molecule has 0 amide bonds. The average molecular weight is 324 g/mol. The summed E-state index contributed by atoms with van der Waals surface area (Å²) < 4.78 is 2.10. The third kappa shape index (κ3) is 3.08. The van der Waals surface area contributed by atoms with Crippen LogP contribution in [0.3, 0.4) is 0 Å². The molecule has 4 nitrogen and oxygen atoms in total. The van der Waals surface area contributed by atoms with Crippen molar-refractivity contribution in [1.82, 2.24) is 9.55 Å². The van der Waals surface area contributed by atoms with Crippen LogP contribution in [-0.4, -0.2) is 9.55 Å². The average Bonchev–Trinajstić information content (AvgIpc) is 3.11. The number of hydrogen-bond acceptors (Lipinski definition) is 3. The number of nitriles is 1. The maximum Gasteiger partial charge on any atom is 0.100 e. The molecule has 0 atom stereocenters. The molecule has 0 fully saturated rings. The Morgan fingerprint density at radius 3 is 2.64 bits per heavy atom. The number of anilines is 1. The summed E-state index contributed by atoms with van der Waals surface area (Å²) in [6.45, 7) is 0.715. The Morgan fingerprint density at radius 2 is 1.80 bits per heavy atom. The van der Waals surface area contributed by atoms with Crippen molar-refractivity contribution < 1.29 is 0 Å². The number of imidazole rings is 1. The van der Waals surface area contributed by atoms with E-state index in [0.29, 0.717) is 12.1 Å². The third-order valence-electron chi connectivity index (χ3n) is 4.15. The smallest absolute Gasteiger partial charge is 0.100 e. The topological polar surface area (TPSA) is 53.6 Å². The number of fused-ring (bicyclic) bond motifs is 1. The fraction of sp³-hybridized carbons (Fsp3) is 0.0476. The van der Waals surface area contributed by atoms with E-state index < -0.39 is 0 Å². The molecule has 25 heavy (non-hydrogen) atoms. The largest absolute Gasteiger partial charge is 0.381 e. The van der Waals surface area contributed by atoms with Crippen molar-refractivity contribution in [2.45, 2.75) is 6.54 Å². The van der Waals surface area contributed by atoms with Gasteiger partial charge in [0.2, 0.25) is 0 Å². The molecule has 1 N–H and O–H groups in total. The summed E-state index contributed by atoms with van der Waals surface area (Å²) in [5.74, 6) is 0. The minimum atomic E-state index is 0.666. The normalized spacial score (nSPS) is 10.5. The monoisotopic (exact) mass is 324 g/mol. The SMILES string of the molecule is N#Cc1ccc(NCc2cccc(-n3cnc4ccccc43)c2)cc1. The lowest BCUT2D eigenvalue weighted by atomic mass is 10.1. The molecular weight excluding hydrogens is 308 g/mol. The zero-order valence-electron chi connectivity index (χ0n) is 13.6. The van der Waals surface area contributed by atoms with Crippen LogP contribution in [0.5, 0.6) is 0 Å². The number of para-hydroxylation sites is 2. The number of rotatable bonds is 4. The first-order valence-electron chi connectivity index (χ1n) is 8.09. The van der Waals surface area contributed by atoms with Gasteiger partial charge in [0.05, 0.1) is 22.7 Å². The zero-order valence-corrected chi connectivity index (χ0v) is 13.6. The highest BCUT2D eigenvalue weighted by Crippen LogP contribution is 2.19. The van der Waals surface area contributed by atoms with E-state index >= 15 is 0 Å². The van der Waals surface area contributed by atoms with Gasteiger partial charge in [-0.05, 0) is 54.1 Å². The van der Waals surface area contributed by atoms with Crippen LogP contribution in [0.15, 0.2) is 79.1 Å². The minimum absolute atomic E-state index is 0.666. The summed E-state index contributed by atoms with van der Waals surface area (Å²) >= 11 is 0. The van der Waals surface area contributed by atoms with E-state index in [1.807, 2.05) is 48.8 Å². The van der Waals surface area contributed by atoms with Crippen molar-refractivity contribution in [3.05, 3.63) is 90.3 Å². The van der Waals surface area contributed by atoms with Gasteiger partial charge >= 0.3 is 0 Å². The Morgan fingerprint density at radius 1 is 0.960 bits per heavy atom. The van der Waals surface area contributed by atoms with Crippen molar-refractivity contribution in [1.29, 1.82) is 5.26 Å². The van der Waals surface area contributed by atoms with Gasteiger partial charge in [0.1, 0.15) is 6.33 Å². The summed E-state index contributed by atoms with van der Waals surface area (Å²) in [5.41, 5.74) is 6.02. The highest BCUT2D eigenvalue weighted by molar-refractivity contribution is 5.77. The molecule has 4 aromatic rings. The van der Waals surface area contributed by atoms with E-state index in [1.165, 1.54) is 5.56 Å². The molecule has 4 heteroatoms. The highest BCUT2D eigenvalue weighted by Gasteiger charge is 2.04. The molecule has 0 saturated carbocycles. The molecule has 1 aromatic heterocycles. The molecular formula is C21H16N4. The van der Waals surface area contributed by atoms with E-state index in [9.17, 15) is 0 Å². The van der Waals surface area contributed by atoms with Crippen LogP contribution >= 0.6 is 0 Å². The molecule has 120 valence electrons. The first kappa shape index (κ1) is 15.0. The Kier molecular flexibility index (Phi) is 3.89. The molecule has 0 bridgehead atoms. The van der Waals surface area contributed by atoms with Crippen molar-refractivity contribution in [2.24, 2.45) is 0 Å². The van der Waals surface area contributed by atoms with Crippen LogP contribution in [0.1, 0.15) is 11.1 Å². The van der Waals surface area contributed by atoms with Gasteiger partial charge in [-0.1, -0.05) is 24.3 Å². The summed E-state index contributed by atoms with van der Waals surface area (Å²) in [5, 5.41) is 12.2. The Hall–Kier alpha value is -3.58. The standard InChI is InChI=1S/C21H16N4/c22-13-16-8-10-18(11-9-16)23-14-17-4-3-5-19(12-17)25-15-24-20-6-1-2-7-21(20)25/h1-12,15,23H,14H2. The van der Waals surface area contributed by atoms with Gasteiger partial charge in [0.15, 0.2) is 0 Å². The Bertz CT molecular complexity index is 1060. The molecule has 0 saturated heterocycles. The lowest BCUT2D eigenvalue weighted by molar-refractivity contribution is 1.07. The van der Waals surface area contributed by atoms with Gasteiger partial charge in [-0.2, -0.15) is 5.26 Å². The van der Waals surface area contributed by atoms with Gasteiger partial charge in [0.25, 0.3) is 0 Å². The fourth-order valence-corrected chi connectivity index (χ4v) is 2.85. The summed E-state index contributed by atoms with van der Waals surface area (Å²) in [4.78, 5) is 4.46. The maximum atomic E-state index is 8.85. The van der Waals surface area contributed by atoms with Crippen molar-refractivity contribution in [3.8, 4) is 11.8 Å². The second-order valence-corrected chi connectivity index (χ2v) is 5.82. The number of nitrogens with zero attached hydrogens (tertiary/aromatic N) is 3. The molecule has 1 heterocycles. The van der Waals surface area contributed by atoms with Crippen LogP contribution in [0.25, 0.3) is 16.7 Å². The molecule has 3 aromatic carbocycles. The predicted molar refractivity (Wildman–Crippen MR) is 99.6 cm³/mol. The Labute approximate surface area is 146 Å². The van der Waals surface area contributed by atoms with E-state index in [0.717, 1.165) is 22.4 Å². The van der Waals surface area contributed by atoms with Crippen molar-refractivity contribution in [3.63, 3.8) is 0 Å². The molecule has 0 aliphatic heterocycles. The van der Waals surface area contributed by atoms with Gasteiger partial charge in [-0.3, -0.25) is 4.57 Å². The quantitative estimate of drug-likeness (QED) is 0.601. The third-order valence-corrected chi connectivity index (χ3v) is 4.15. The van der Waals surface area contributed by atoms with E-state index in [2.05, 4.69) is 51.3 Å². The first-order chi connectivity index (χ1) is 12.3. The van der Waals surface area contributed by atoms with E-state index in [4.69, 9.17) is 5.26 Å². The lowest BCUT2D eigenvalue weighted by Crippen LogP contribution is -2.01. The van der Waals surface area contributed by atoms with Crippen LogP contribution in [0.2, 0.25) is 0 Å². The molecule has 0 aliphatic rings. The first-order valence-corrected chi connectivity index (χ1v) is 8.09. The highest BCUT2D eigenvalue weighted by atomic mass is 15.0. The van der Waals surface area contributed by atoms with Crippen molar-refractivity contribution >= 4 is 16.7 Å². The predicted octanol–water partition coefficient (Wildman–Crippen LogP) is 4.51. The van der Waals surface area contributed by atoms with Crippen LogP contribution in [0, 0.1) is 11.3 Å². The van der Waals surface area contributed by atoms with E-state index in [1.54, 1.807) is 0 Å². The minimum Gasteiger partial charge on any atom is -0.381 e. The van der Waals surface area contributed by atoms with E-state index in [-0.39, 0.29) is 0 Å². The van der Waals surface area contributed by atoms with Crippen LogP contribution in [-0.2, 0) is 6.54 Å².